The molecule has 0 spiro atoms. The summed E-state index contributed by atoms with van der Waals surface area (Å²) < 4.78 is 17.4. The van der Waals surface area contributed by atoms with E-state index in [4.69, 9.17) is 14.2 Å². The Labute approximate surface area is 249 Å². The summed E-state index contributed by atoms with van der Waals surface area (Å²) in [5.41, 5.74) is 1.73. The molecule has 2 N–H and O–H groups in total. The summed E-state index contributed by atoms with van der Waals surface area (Å²) in [6.07, 6.45) is 3.58. The van der Waals surface area contributed by atoms with Crippen LogP contribution in [-0.2, 0) is 41.4 Å². The van der Waals surface area contributed by atoms with Gasteiger partial charge in [-0.2, -0.15) is 0 Å². The molecule has 0 radical (unpaired) electrons. The van der Waals surface area contributed by atoms with Crippen molar-refractivity contribution in [2.24, 2.45) is 11.3 Å². The molecule has 2 fully saturated rings. The lowest BCUT2D eigenvalue weighted by molar-refractivity contribution is -0.304. The Hall–Kier alpha value is -3.23. The third-order valence-electron chi connectivity index (χ3n) is 8.10. The number of hydrogen-bond acceptors (Lipinski definition) is 6. The smallest absolute Gasteiger partial charge is 0.307 e. The second-order valence-corrected chi connectivity index (χ2v) is 12.7. The molecule has 4 rings (SSSR count). The van der Waals surface area contributed by atoms with Crippen molar-refractivity contribution in [3.8, 4) is 0 Å². The lowest BCUT2D eigenvalue weighted by Gasteiger charge is -2.44. The highest BCUT2D eigenvalue weighted by Crippen LogP contribution is 2.35. The third-order valence-corrected chi connectivity index (χ3v) is 8.10. The topological polar surface area (TPSA) is 103 Å². The summed E-state index contributed by atoms with van der Waals surface area (Å²) >= 11 is 0. The van der Waals surface area contributed by atoms with Crippen LogP contribution in [-0.4, -0.2) is 55.0 Å². The molecule has 2 amide bonds. The fraction of sp³-hybridized carbons (Fsp3) is 0.559. The Morgan fingerprint density at radius 3 is 2.12 bits per heavy atom. The zero-order valence-corrected chi connectivity index (χ0v) is 25.4. The standard InChI is InChI=1S/C34H46N2O6/c1-33(2)23-40-34(3,4)42-30(33)32(39)35-20-19-29(37)41-28-18-12-11-17-27(28)36-31(38)26(21-24-13-7-5-8-14-24)22-25-15-9-6-10-16-25/h5-10,13-16,26-28,30H,11-12,17-23H2,1-4H3,(H,35,39)(H,36,38)/t27?,28-,30?/m0/s1. The van der Waals surface area contributed by atoms with Crippen molar-refractivity contribution in [2.45, 2.75) is 96.7 Å². The van der Waals surface area contributed by atoms with Crippen molar-refractivity contribution in [3.63, 3.8) is 0 Å². The van der Waals surface area contributed by atoms with Gasteiger partial charge in [-0.3, -0.25) is 14.4 Å². The lowest BCUT2D eigenvalue weighted by Crippen LogP contribution is -2.56. The average molecular weight is 579 g/mol. The first-order chi connectivity index (χ1) is 20.0. The number of carbonyl (C=O) groups is 3. The van der Waals surface area contributed by atoms with Crippen molar-refractivity contribution in [1.29, 1.82) is 0 Å². The Morgan fingerprint density at radius 1 is 0.905 bits per heavy atom. The Bertz CT molecular complexity index is 1140. The van der Waals surface area contributed by atoms with Crippen molar-refractivity contribution >= 4 is 17.8 Å². The monoisotopic (exact) mass is 578 g/mol. The second-order valence-electron chi connectivity index (χ2n) is 12.7. The Kier molecular flexibility index (Phi) is 10.8. The van der Waals surface area contributed by atoms with Gasteiger partial charge in [0.2, 0.25) is 11.8 Å². The lowest BCUT2D eigenvalue weighted by atomic mass is 9.85. The molecule has 3 atom stereocenters. The summed E-state index contributed by atoms with van der Waals surface area (Å²) in [5.74, 6) is -1.78. The first-order valence-electron chi connectivity index (χ1n) is 15.2. The van der Waals surface area contributed by atoms with Gasteiger partial charge in [0.15, 0.2) is 5.79 Å². The molecular weight excluding hydrogens is 532 g/mol. The van der Waals surface area contributed by atoms with E-state index in [2.05, 4.69) is 10.6 Å². The van der Waals surface area contributed by atoms with Crippen molar-refractivity contribution < 1.29 is 28.6 Å². The summed E-state index contributed by atoms with van der Waals surface area (Å²) in [5, 5.41) is 6.06. The van der Waals surface area contributed by atoms with Crippen LogP contribution in [0.25, 0.3) is 0 Å². The molecule has 8 nitrogen and oxygen atoms in total. The maximum absolute atomic E-state index is 13.6. The molecule has 1 saturated carbocycles. The van der Waals surface area contributed by atoms with Crippen molar-refractivity contribution in [1.82, 2.24) is 10.6 Å². The minimum atomic E-state index is -0.849. The van der Waals surface area contributed by atoms with Crippen LogP contribution in [0.5, 0.6) is 0 Å². The van der Waals surface area contributed by atoms with Crippen LogP contribution in [0.1, 0.15) is 70.9 Å². The van der Waals surface area contributed by atoms with E-state index in [9.17, 15) is 14.4 Å². The van der Waals surface area contributed by atoms with Crippen LogP contribution >= 0.6 is 0 Å². The van der Waals surface area contributed by atoms with E-state index in [0.717, 1.165) is 30.4 Å². The van der Waals surface area contributed by atoms with Crippen LogP contribution in [0.4, 0.5) is 0 Å². The van der Waals surface area contributed by atoms with Gasteiger partial charge in [0.05, 0.1) is 19.1 Å². The van der Waals surface area contributed by atoms with Gasteiger partial charge < -0.3 is 24.8 Å². The van der Waals surface area contributed by atoms with Gasteiger partial charge in [0, 0.05) is 17.9 Å². The molecule has 228 valence electrons. The largest absolute Gasteiger partial charge is 0.460 e. The fourth-order valence-electron chi connectivity index (χ4n) is 5.69. The molecule has 2 unspecified atom stereocenters. The average Bonchev–Trinajstić information content (AvgIpc) is 2.96. The number of ether oxygens (including phenoxy) is 3. The van der Waals surface area contributed by atoms with E-state index < -0.39 is 23.4 Å². The third kappa shape index (κ3) is 9.13. The zero-order valence-electron chi connectivity index (χ0n) is 25.4. The van der Waals surface area contributed by atoms with Gasteiger partial charge in [-0.05, 0) is 57.1 Å². The van der Waals surface area contributed by atoms with Crippen LogP contribution < -0.4 is 10.6 Å². The predicted octanol–water partition coefficient (Wildman–Crippen LogP) is 4.74. The van der Waals surface area contributed by atoms with Crippen molar-refractivity contribution in [2.75, 3.05) is 13.2 Å². The van der Waals surface area contributed by atoms with E-state index in [-0.39, 0.29) is 42.7 Å². The molecule has 0 bridgehead atoms. The maximum atomic E-state index is 13.6. The van der Waals surface area contributed by atoms with Gasteiger partial charge in [0.25, 0.3) is 0 Å². The quantitative estimate of drug-likeness (QED) is 0.374. The van der Waals surface area contributed by atoms with Crippen LogP contribution in [0, 0.1) is 11.3 Å². The van der Waals surface area contributed by atoms with Crippen LogP contribution in [0.3, 0.4) is 0 Å². The fourth-order valence-corrected chi connectivity index (χ4v) is 5.69. The molecule has 0 aromatic heterocycles. The number of hydrogen-bond donors (Lipinski definition) is 2. The number of rotatable bonds is 11. The number of carbonyl (C=O) groups excluding carboxylic acids is 3. The maximum Gasteiger partial charge on any atom is 0.307 e. The normalized spacial score (nSPS) is 23.1. The molecule has 1 heterocycles. The number of benzene rings is 2. The molecule has 1 saturated heterocycles. The first kappa shape index (κ1) is 31.7. The van der Waals surface area contributed by atoms with Gasteiger partial charge in [0.1, 0.15) is 12.2 Å². The summed E-state index contributed by atoms with van der Waals surface area (Å²) in [4.78, 5) is 39.3. The molecular formula is C34H46N2O6. The van der Waals surface area contributed by atoms with Crippen LogP contribution in [0.15, 0.2) is 60.7 Å². The highest BCUT2D eigenvalue weighted by molar-refractivity contribution is 5.82. The van der Waals surface area contributed by atoms with Crippen LogP contribution in [0.2, 0.25) is 0 Å². The van der Waals surface area contributed by atoms with Crippen molar-refractivity contribution in [3.05, 3.63) is 71.8 Å². The zero-order chi connectivity index (χ0) is 30.2. The van der Waals surface area contributed by atoms with E-state index >= 15 is 0 Å². The van der Waals surface area contributed by atoms with Gasteiger partial charge in [-0.15, -0.1) is 0 Å². The predicted molar refractivity (Wildman–Crippen MR) is 160 cm³/mol. The molecule has 8 heteroatoms. The van der Waals surface area contributed by atoms with E-state index in [1.54, 1.807) is 13.8 Å². The van der Waals surface area contributed by atoms with E-state index in [1.807, 2.05) is 74.5 Å². The minimum Gasteiger partial charge on any atom is -0.460 e. The second kappa shape index (κ2) is 14.3. The SMILES string of the molecule is CC1(C)OCC(C)(C)C(C(=O)NCCC(=O)O[C@H]2CCCCC2NC(=O)C(Cc2ccccc2)Cc2ccccc2)O1. The highest BCUT2D eigenvalue weighted by Gasteiger charge is 2.45. The van der Waals surface area contributed by atoms with Gasteiger partial charge in [-0.1, -0.05) is 80.9 Å². The summed E-state index contributed by atoms with van der Waals surface area (Å²) in [7, 11) is 0. The number of nitrogens with one attached hydrogen (secondary N) is 2. The summed E-state index contributed by atoms with van der Waals surface area (Å²) in [6, 6.07) is 19.9. The Balaban J connectivity index is 1.31. The minimum absolute atomic E-state index is 0.0232. The Morgan fingerprint density at radius 2 is 1.50 bits per heavy atom. The molecule has 2 aliphatic rings. The van der Waals surface area contributed by atoms with E-state index in [0.29, 0.717) is 25.9 Å². The molecule has 1 aliphatic heterocycles. The number of amides is 2. The highest BCUT2D eigenvalue weighted by atomic mass is 16.7. The molecule has 42 heavy (non-hydrogen) atoms. The first-order valence-corrected chi connectivity index (χ1v) is 15.2. The number of esters is 1. The van der Waals surface area contributed by atoms with E-state index in [1.165, 1.54) is 0 Å². The molecule has 1 aliphatic carbocycles. The molecule has 2 aromatic rings. The molecule has 2 aromatic carbocycles. The van der Waals surface area contributed by atoms with Gasteiger partial charge in [-0.25, -0.2) is 0 Å². The summed E-state index contributed by atoms with van der Waals surface area (Å²) in [6.45, 7) is 7.95. The van der Waals surface area contributed by atoms with Gasteiger partial charge >= 0.3 is 5.97 Å².